The molecule has 1 amide bonds. The summed E-state index contributed by atoms with van der Waals surface area (Å²) in [5.74, 6) is -2.11. The Morgan fingerprint density at radius 1 is 1.06 bits per heavy atom. The second kappa shape index (κ2) is 9.43. The number of hydrogen-bond acceptors (Lipinski definition) is 5. The van der Waals surface area contributed by atoms with Gasteiger partial charge in [0, 0.05) is 17.7 Å². The number of hydrogen-bond donors (Lipinski definition) is 1. The summed E-state index contributed by atoms with van der Waals surface area (Å²) in [6, 6.07) is 7.61. The first-order valence-corrected chi connectivity index (χ1v) is 11.2. The van der Waals surface area contributed by atoms with Crippen LogP contribution in [0.15, 0.2) is 42.0 Å². The van der Waals surface area contributed by atoms with Crippen molar-refractivity contribution < 1.29 is 28.6 Å². The summed E-state index contributed by atoms with van der Waals surface area (Å²) >= 11 is 6.27. The highest BCUT2D eigenvalue weighted by atomic mass is 35.5. The van der Waals surface area contributed by atoms with E-state index < -0.39 is 29.3 Å². The van der Waals surface area contributed by atoms with Crippen molar-refractivity contribution in [2.45, 2.75) is 44.2 Å². The van der Waals surface area contributed by atoms with E-state index >= 15 is 0 Å². The summed E-state index contributed by atoms with van der Waals surface area (Å²) < 4.78 is 25.5. The average Bonchev–Trinajstić information content (AvgIpc) is 3.09. The Bertz CT molecular complexity index is 1130. The van der Waals surface area contributed by atoms with Gasteiger partial charge in [0.05, 0.1) is 36.4 Å². The maximum atomic E-state index is 15.0. The predicted octanol–water partition coefficient (Wildman–Crippen LogP) is 5.25. The number of Topliss-reactive ketones (excluding diaryl/α,β-unsaturated/α-hetero) is 1. The van der Waals surface area contributed by atoms with Crippen LogP contribution in [-0.2, 0) is 9.59 Å². The third-order valence-corrected chi connectivity index (χ3v) is 6.67. The van der Waals surface area contributed by atoms with Crippen LogP contribution in [0.2, 0.25) is 5.02 Å². The standard InChI is InChI=1S/C25H25ClFNO5/c1-32-19-13-20(33-2)17(26)12-16(19)23(29)21-22(15-10-6-7-11-18(15)27)28(25(31)24(21)30)14-8-4-3-5-9-14/h6-7,10-14,22,29H,3-5,8-9H2,1-2H3/b23-21+. The fourth-order valence-corrected chi connectivity index (χ4v) is 5.02. The molecule has 0 bridgehead atoms. The SMILES string of the molecule is COc1cc(OC)c(/C(O)=C2\C(=O)C(=O)N(C3CCCCC3)C2c2ccccc2F)cc1Cl. The van der Waals surface area contributed by atoms with Crippen LogP contribution in [-0.4, -0.2) is 42.0 Å². The molecule has 1 saturated carbocycles. The lowest BCUT2D eigenvalue weighted by Crippen LogP contribution is -2.40. The topological polar surface area (TPSA) is 76.1 Å². The number of ether oxygens (including phenoxy) is 2. The van der Waals surface area contributed by atoms with Crippen molar-refractivity contribution in [3.63, 3.8) is 0 Å². The molecule has 1 aliphatic carbocycles. The molecule has 2 aromatic rings. The first kappa shape index (κ1) is 23.1. The summed E-state index contributed by atoms with van der Waals surface area (Å²) in [4.78, 5) is 27.9. The lowest BCUT2D eigenvalue weighted by atomic mass is 9.90. The number of carbonyl (C=O) groups excluding carboxylic acids is 2. The number of rotatable bonds is 5. The minimum absolute atomic E-state index is 0.117. The zero-order chi connectivity index (χ0) is 23.7. The van der Waals surface area contributed by atoms with E-state index in [0.29, 0.717) is 5.75 Å². The molecule has 1 aliphatic heterocycles. The third kappa shape index (κ3) is 4.06. The lowest BCUT2D eigenvalue weighted by Gasteiger charge is -2.35. The zero-order valence-corrected chi connectivity index (χ0v) is 19.2. The smallest absolute Gasteiger partial charge is 0.295 e. The van der Waals surface area contributed by atoms with Gasteiger partial charge in [0.2, 0.25) is 0 Å². The second-order valence-electron chi connectivity index (χ2n) is 8.21. The number of likely N-dealkylation sites (tertiary alicyclic amines) is 1. The van der Waals surface area contributed by atoms with Gasteiger partial charge in [-0.3, -0.25) is 9.59 Å². The van der Waals surface area contributed by atoms with E-state index in [1.807, 2.05) is 0 Å². The van der Waals surface area contributed by atoms with E-state index in [0.717, 1.165) is 32.1 Å². The number of nitrogens with zero attached hydrogens (tertiary/aromatic N) is 1. The van der Waals surface area contributed by atoms with Crippen LogP contribution in [0.1, 0.15) is 49.3 Å². The van der Waals surface area contributed by atoms with Crippen LogP contribution in [0.3, 0.4) is 0 Å². The van der Waals surface area contributed by atoms with Crippen molar-refractivity contribution in [1.29, 1.82) is 0 Å². The third-order valence-electron chi connectivity index (χ3n) is 6.38. The summed E-state index contributed by atoms with van der Waals surface area (Å²) in [6.07, 6.45) is 4.32. The number of aliphatic hydroxyl groups is 1. The van der Waals surface area contributed by atoms with E-state index in [1.165, 1.54) is 49.5 Å². The first-order valence-electron chi connectivity index (χ1n) is 10.9. The number of carbonyl (C=O) groups is 2. The monoisotopic (exact) mass is 473 g/mol. The fourth-order valence-electron chi connectivity index (χ4n) is 4.78. The van der Waals surface area contributed by atoms with Crippen molar-refractivity contribution in [3.05, 3.63) is 63.9 Å². The summed E-state index contributed by atoms with van der Waals surface area (Å²) in [5.41, 5.74) is 0.0869. The molecule has 8 heteroatoms. The second-order valence-corrected chi connectivity index (χ2v) is 8.61. The van der Waals surface area contributed by atoms with Crippen LogP contribution in [0.5, 0.6) is 11.5 Å². The molecule has 0 aromatic heterocycles. The van der Waals surface area contributed by atoms with E-state index in [-0.39, 0.29) is 33.5 Å². The Kier molecular flexibility index (Phi) is 6.61. The zero-order valence-electron chi connectivity index (χ0n) is 18.4. The van der Waals surface area contributed by atoms with Crippen molar-refractivity contribution in [1.82, 2.24) is 4.90 Å². The summed E-state index contributed by atoms with van der Waals surface area (Å²) in [7, 11) is 2.84. The van der Waals surface area contributed by atoms with Gasteiger partial charge in [-0.25, -0.2) is 4.39 Å². The maximum Gasteiger partial charge on any atom is 0.295 e. The van der Waals surface area contributed by atoms with Crippen molar-refractivity contribution in [2.24, 2.45) is 0 Å². The highest BCUT2D eigenvalue weighted by Crippen LogP contribution is 2.45. The van der Waals surface area contributed by atoms with Crippen LogP contribution in [0.25, 0.3) is 5.76 Å². The Labute approximate surface area is 196 Å². The molecule has 1 unspecified atom stereocenters. The molecule has 1 heterocycles. The minimum Gasteiger partial charge on any atom is -0.507 e. The molecule has 2 fully saturated rings. The molecule has 33 heavy (non-hydrogen) atoms. The lowest BCUT2D eigenvalue weighted by molar-refractivity contribution is -0.141. The molecule has 1 atom stereocenters. The van der Waals surface area contributed by atoms with E-state index in [1.54, 1.807) is 6.07 Å². The first-order chi connectivity index (χ1) is 15.9. The van der Waals surface area contributed by atoms with Gasteiger partial charge in [-0.05, 0) is 25.0 Å². The van der Waals surface area contributed by atoms with E-state index in [4.69, 9.17) is 21.1 Å². The summed E-state index contributed by atoms with van der Waals surface area (Å²) in [6.45, 7) is 0. The summed E-state index contributed by atoms with van der Waals surface area (Å²) in [5, 5.41) is 11.5. The van der Waals surface area contributed by atoms with E-state index in [9.17, 15) is 19.1 Å². The van der Waals surface area contributed by atoms with Gasteiger partial charge < -0.3 is 19.5 Å². The largest absolute Gasteiger partial charge is 0.507 e. The maximum absolute atomic E-state index is 15.0. The van der Waals surface area contributed by atoms with Crippen molar-refractivity contribution >= 4 is 29.1 Å². The van der Waals surface area contributed by atoms with Gasteiger partial charge in [0.25, 0.3) is 11.7 Å². The molecule has 2 aliphatic rings. The molecular weight excluding hydrogens is 449 g/mol. The predicted molar refractivity (Wildman–Crippen MR) is 122 cm³/mol. The molecule has 1 N–H and O–H groups in total. The number of benzene rings is 2. The van der Waals surface area contributed by atoms with Gasteiger partial charge in [-0.2, -0.15) is 0 Å². The molecule has 6 nitrogen and oxygen atoms in total. The number of methoxy groups -OCH3 is 2. The van der Waals surface area contributed by atoms with Gasteiger partial charge in [0.1, 0.15) is 23.1 Å². The van der Waals surface area contributed by atoms with Crippen LogP contribution in [0.4, 0.5) is 4.39 Å². The Morgan fingerprint density at radius 3 is 2.36 bits per heavy atom. The Balaban J connectivity index is 1.94. The molecule has 0 spiro atoms. The van der Waals surface area contributed by atoms with Crippen LogP contribution in [0, 0.1) is 5.82 Å². The average molecular weight is 474 g/mol. The molecular formula is C25H25ClFNO5. The molecule has 4 rings (SSSR count). The van der Waals surface area contributed by atoms with Crippen LogP contribution >= 0.6 is 11.6 Å². The van der Waals surface area contributed by atoms with Crippen molar-refractivity contribution in [3.8, 4) is 11.5 Å². The van der Waals surface area contributed by atoms with Gasteiger partial charge in [-0.15, -0.1) is 0 Å². The number of ketones is 1. The quantitative estimate of drug-likeness (QED) is 0.364. The van der Waals surface area contributed by atoms with Crippen LogP contribution < -0.4 is 9.47 Å². The fraction of sp³-hybridized carbons (Fsp3) is 0.360. The minimum atomic E-state index is -1.06. The van der Waals surface area contributed by atoms with Gasteiger partial charge >= 0.3 is 0 Å². The number of halogens is 2. The van der Waals surface area contributed by atoms with Crippen molar-refractivity contribution in [2.75, 3.05) is 14.2 Å². The van der Waals surface area contributed by atoms with E-state index in [2.05, 4.69) is 0 Å². The molecule has 1 saturated heterocycles. The van der Waals surface area contributed by atoms with Gasteiger partial charge in [0.15, 0.2) is 0 Å². The molecule has 2 aromatic carbocycles. The Hall–Kier alpha value is -3.06. The highest BCUT2D eigenvalue weighted by Gasteiger charge is 2.49. The highest BCUT2D eigenvalue weighted by molar-refractivity contribution is 6.46. The number of aliphatic hydroxyl groups excluding tert-OH is 1. The normalized spacial score (nSPS) is 20.8. The molecule has 174 valence electrons. The van der Waals surface area contributed by atoms with Gasteiger partial charge in [-0.1, -0.05) is 49.1 Å². The number of amides is 1. The Morgan fingerprint density at radius 2 is 1.73 bits per heavy atom. The molecule has 0 radical (unpaired) electrons.